The first-order chi connectivity index (χ1) is 12.0. The number of carbonyl (C=O) groups is 1. The third kappa shape index (κ3) is 3.80. The number of hydrogen-bond acceptors (Lipinski definition) is 5. The van der Waals surface area contributed by atoms with Gasteiger partial charge < -0.3 is 14.1 Å². The molecule has 0 aliphatic carbocycles. The molecule has 1 unspecified atom stereocenters. The van der Waals surface area contributed by atoms with E-state index < -0.39 is 5.63 Å². The number of hydrogen-bond donors (Lipinski definition) is 0. The Kier molecular flexibility index (Phi) is 5.59. The lowest BCUT2D eigenvalue weighted by molar-refractivity contribution is -0.0257. The fraction of sp³-hybridized carbons (Fsp3) is 0.684. The van der Waals surface area contributed by atoms with Crippen molar-refractivity contribution in [1.29, 1.82) is 0 Å². The van der Waals surface area contributed by atoms with Crippen LogP contribution in [0, 0.1) is 6.92 Å². The summed E-state index contributed by atoms with van der Waals surface area (Å²) in [4.78, 5) is 29.2. The molecule has 2 aliphatic rings. The van der Waals surface area contributed by atoms with Gasteiger partial charge in [-0.25, -0.2) is 4.79 Å². The Morgan fingerprint density at radius 3 is 2.60 bits per heavy atom. The van der Waals surface area contributed by atoms with Crippen molar-refractivity contribution in [2.75, 3.05) is 39.4 Å². The largest absolute Gasteiger partial charge is 0.427 e. The fourth-order valence-electron chi connectivity index (χ4n) is 3.66. The minimum absolute atomic E-state index is 0.188. The maximum Gasteiger partial charge on any atom is 0.349 e. The lowest BCUT2D eigenvalue weighted by atomic mass is 9.99. The van der Waals surface area contributed by atoms with Gasteiger partial charge in [-0.2, -0.15) is 0 Å². The monoisotopic (exact) mass is 348 g/mol. The highest BCUT2D eigenvalue weighted by Crippen LogP contribution is 2.23. The third-order valence-corrected chi connectivity index (χ3v) is 5.30. The van der Waals surface area contributed by atoms with Gasteiger partial charge in [-0.05, 0) is 25.0 Å². The number of aryl methyl sites for hydroxylation is 1. The minimum Gasteiger partial charge on any atom is -0.427 e. The van der Waals surface area contributed by atoms with Crippen LogP contribution >= 0.6 is 0 Å². The number of nitrogens with zero attached hydrogens (tertiary/aromatic N) is 2. The molecule has 0 bridgehead atoms. The van der Waals surface area contributed by atoms with Crippen LogP contribution in [0.3, 0.4) is 0 Å². The van der Waals surface area contributed by atoms with Crippen molar-refractivity contribution >= 4 is 5.91 Å². The predicted molar refractivity (Wildman–Crippen MR) is 95.1 cm³/mol. The van der Waals surface area contributed by atoms with E-state index in [1.54, 1.807) is 4.90 Å². The molecule has 6 nitrogen and oxygen atoms in total. The van der Waals surface area contributed by atoms with E-state index in [1.807, 2.05) is 19.9 Å². The van der Waals surface area contributed by atoms with Gasteiger partial charge in [0.05, 0.1) is 13.2 Å². The number of amides is 1. The van der Waals surface area contributed by atoms with Gasteiger partial charge >= 0.3 is 5.63 Å². The molecule has 0 radical (unpaired) electrons. The Morgan fingerprint density at radius 1 is 1.32 bits per heavy atom. The summed E-state index contributed by atoms with van der Waals surface area (Å²) in [5.41, 5.74) is 0.402. The second kappa shape index (κ2) is 7.70. The molecule has 2 fully saturated rings. The van der Waals surface area contributed by atoms with Gasteiger partial charge in [0.1, 0.15) is 11.3 Å². The van der Waals surface area contributed by atoms with Crippen LogP contribution in [0.15, 0.2) is 15.3 Å². The molecular formula is C19H28N2O4. The van der Waals surface area contributed by atoms with Crippen molar-refractivity contribution in [2.24, 2.45) is 0 Å². The molecular weight excluding hydrogens is 320 g/mol. The van der Waals surface area contributed by atoms with Crippen LogP contribution in [0.1, 0.15) is 54.3 Å². The molecule has 138 valence electrons. The predicted octanol–water partition coefficient (Wildman–Crippen LogP) is 2.01. The lowest BCUT2D eigenvalue weighted by Gasteiger charge is -2.46. The van der Waals surface area contributed by atoms with Crippen LogP contribution in [-0.2, 0) is 4.74 Å². The smallest absolute Gasteiger partial charge is 0.349 e. The topological polar surface area (TPSA) is 63.0 Å². The molecule has 2 saturated heterocycles. The average Bonchev–Trinajstić information content (AvgIpc) is 2.54. The molecule has 1 atom stereocenters. The van der Waals surface area contributed by atoms with Crippen molar-refractivity contribution in [2.45, 2.75) is 45.6 Å². The van der Waals surface area contributed by atoms with Gasteiger partial charge in [-0.15, -0.1) is 0 Å². The van der Waals surface area contributed by atoms with Crippen LogP contribution in [0.5, 0.6) is 0 Å². The molecule has 25 heavy (non-hydrogen) atoms. The highest BCUT2D eigenvalue weighted by Gasteiger charge is 2.37. The molecule has 0 aromatic carbocycles. The standard InChI is InChI=1S/C19H28N2O4/c1-4-5-13(2)16-10-14(3)17(19(23)25-16)18(22)21-11-15(12-21)20-6-8-24-9-7-20/h10,13,15H,4-9,11-12H2,1-3H3. The highest BCUT2D eigenvalue weighted by atomic mass is 16.5. The molecule has 6 heteroatoms. The van der Waals surface area contributed by atoms with Crippen LogP contribution in [0.25, 0.3) is 0 Å². The van der Waals surface area contributed by atoms with E-state index >= 15 is 0 Å². The summed E-state index contributed by atoms with van der Waals surface area (Å²) in [7, 11) is 0. The van der Waals surface area contributed by atoms with Crippen molar-refractivity contribution in [3.05, 3.63) is 33.4 Å². The molecule has 0 N–H and O–H groups in total. The van der Waals surface area contributed by atoms with Gasteiger partial charge in [0.15, 0.2) is 0 Å². The molecule has 3 heterocycles. The molecule has 1 aromatic rings. The zero-order valence-corrected chi connectivity index (χ0v) is 15.4. The quantitative estimate of drug-likeness (QED) is 0.814. The summed E-state index contributed by atoms with van der Waals surface area (Å²) in [5, 5.41) is 0. The van der Waals surface area contributed by atoms with E-state index in [0.29, 0.717) is 30.5 Å². The van der Waals surface area contributed by atoms with Gasteiger partial charge in [0, 0.05) is 38.1 Å². The summed E-state index contributed by atoms with van der Waals surface area (Å²) >= 11 is 0. The molecule has 0 saturated carbocycles. The second-order valence-electron chi connectivity index (χ2n) is 7.20. The van der Waals surface area contributed by atoms with Crippen LogP contribution in [-0.4, -0.2) is 61.1 Å². The normalized spacial score (nSPS) is 20.4. The first kappa shape index (κ1) is 18.1. The van der Waals surface area contributed by atoms with Gasteiger partial charge in [-0.1, -0.05) is 20.3 Å². The summed E-state index contributed by atoms with van der Waals surface area (Å²) < 4.78 is 10.8. The van der Waals surface area contributed by atoms with Crippen molar-refractivity contribution in [3.8, 4) is 0 Å². The molecule has 1 amide bonds. The fourth-order valence-corrected chi connectivity index (χ4v) is 3.66. The van der Waals surface area contributed by atoms with E-state index in [1.165, 1.54) is 0 Å². The maximum atomic E-state index is 12.7. The van der Waals surface area contributed by atoms with Crippen LogP contribution in [0.4, 0.5) is 0 Å². The first-order valence-electron chi connectivity index (χ1n) is 9.27. The minimum atomic E-state index is -0.502. The summed E-state index contributed by atoms with van der Waals surface area (Å²) in [6, 6.07) is 2.23. The Labute approximate surface area is 148 Å². The molecule has 3 rings (SSSR count). The van der Waals surface area contributed by atoms with Crippen molar-refractivity contribution < 1.29 is 13.9 Å². The van der Waals surface area contributed by atoms with Crippen molar-refractivity contribution in [1.82, 2.24) is 9.80 Å². The molecule has 2 aliphatic heterocycles. The van der Waals surface area contributed by atoms with Crippen LogP contribution in [0.2, 0.25) is 0 Å². The van der Waals surface area contributed by atoms with E-state index in [9.17, 15) is 9.59 Å². The Hall–Kier alpha value is -1.66. The Balaban J connectivity index is 1.68. The Bertz CT molecular complexity index is 672. The summed E-state index contributed by atoms with van der Waals surface area (Å²) in [5.74, 6) is 0.663. The summed E-state index contributed by atoms with van der Waals surface area (Å²) in [6.07, 6.45) is 1.99. The number of carbonyl (C=O) groups excluding carboxylic acids is 1. The van der Waals surface area contributed by atoms with Crippen LogP contribution < -0.4 is 5.63 Å². The van der Waals surface area contributed by atoms with Crippen molar-refractivity contribution in [3.63, 3.8) is 0 Å². The number of likely N-dealkylation sites (tertiary alicyclic amines) is 1. The first-order valence-corrected chi connectivity index (χ1v) is 9.27. The lowest BCUT2D eigenvalue weighted by Crippen LogP contribution is -2.63. The second-order valence-corrected chi connectivity index (χ2v) is 7.20. The average molecular weight is 348 g/mol. The SMILES string of the molecule is CCCC(C)c1cc(C)c(C(=O)N2CC(N3CCOCC3)C2)c(=O)o1. The zero-order chi connectivity index (χ0) is 18.0. The van der Waals surface area contributed by atoms with E-state index in [2.05, 4.69) is 11.8 Å². The summed E-state index contributed by atoms with van der Waals surface area (Å²) in [6.45, 7) is 10.7. The highest BCUT2D eigenvalue weighted by molar-refractivity contribution is 5.95. The Morgan fingerprint density at radius 2 is 2.00 bits per heavy atom. The maximum absolute atomic E-state index is 12.7. The van der Waals surface area contributed by atoms with E-state index in [-0.39, 0.29) is 17.4 Å². The number of ether oxygens (including phenoxy) is 1. The number of rotatable bonds is 5. The van der Waals surface area contributed by atoms with Gasteiger partial charge in [-0.3, -0.25) is 9.69 Å². The zero-order valence-electron chi connectivity index (χ0n) is 15.4. The third-order valence-electron chi connectivity index (χ3n) is 5.30. The van der Waals surface area contributed by atoms with Gasteiger partial charge in [0.2, 0.25) is 0 Å². The molecule has 1 aromatic heterocycles. The molecule has 0 spiro atoms. The van der Waals surface area contributed by atoms with E-state index in [0.717, 1.165) is 39.1 Å². The number of morpholine rings is 1. The van der Waals surface area contributed by atoms with E-state index in [4.69, 9.17) is 9.15 Å². The van der Waals surface area contributed by atoms with Gasteiger partial charge in [0.25, 0.3) is 5.91 Å².